The van der Waals surface area contributed by atoms with Gasteiger partial charge in [-0.1, -0.05) is 51.2 Å². The number of carbonyl (C=O) groups excluding carboxylic acids is 2. The number of rotatable bonds is 48. The van der Waals surface area contributed by atoms with E-state index >= 15 is 0 Å². The number of esters is 1. The van der Waals surface area contributed by atoms with E-state index < -0.39 is 17.7 Å². The number of ether oxygens (including phenoxy) is 13. The van der Waals surface area contributed by atoms with Gasteiger partial charge in [0.1, 0.15) is 19.0 Å². The Kier molecular flexibility index (Phi) is 40.7. The normalized spacial score (nSPS) is 11.3. The number of aliphatic carboxylic acids is 1. The highest BCUT2D eigenvalue weighted by Crippen LogP contribution is 2.15. The molecular formula is C43H74O17. The lowest BCUT2D eigenvalue weighted by Crippen LogP contribution is -2.17. The first-order valence-corrected chi connectivity index (χ1v) is 21.5. The zero-order chi connectivity index (χ0) is 43.2. The maximum Gasteiger partial charge on any atom is 0.372 e. The number of hydrogen-bond donors (Lipinski definition) is 1. The van der Waals surface area contributed by atoms with Crippen LogP contribution in [0.15, 0.2) is 24.3 Å². The molecule has 0 radical (unpaired) electrons. The minimum atomic E-state index is -1.56. The summed E-state index contributed by atoms with van der Waals surface area (Å²) in [5.41, 5.74) is 1.37. The molecule has 17 nitrogen and oxygen atoms in total. The Morgan fingerprint density at radius 2 is 0.750 bits per heavy atom. The SMILES string of the molecule is CCCCCCCCc1ccc(OCCOCCOCCOCCOCCOCCOCCOCCOCCOCCOCCOCCOC(=O)CCC(=O)C(=O)O)cc1. The first-order valence-electron chi connectivity index (χ1n) is 21.5. The standard InChI is InChI=1S/C43H74O17/c1-2-3-4-5-6-7-8-39-9-11-40(12-10-39)59-37-35-57-33-31-55-29-27-53-25-23-51-21-19-49-17-15-48-16-18-50-20-22-52-24-26-54-28-30-56-32-34-58-36-38-60-42(45)14-13-41(44)43(46)47/h9-12H,2-8,13-38H2,1H3,(H,46,47). The molecule has 17 heteroatoms. The van der Waals surface area contributed by atoms with Crippen molar-refractivity contribution in [2.75, 3.05) is 159 Å². The van der Waals surface area contributed by atoms with Crippen LogP contribution in [0.25, 0.3) is 0 Å². The molecule has 0 aromatic heterocycles. The van der Waals surface area contributed by atoms with Crippen LogP contribution >= 0.6 is 0 Å². The summed E-state index contributed by atoms with van der Waals surface area (Å²) >= 11 is 0. The highest BCUT2D eigenvalue weighted by atomic mass is 16.6. The van der Waals surface area contributed by atoms with Crippen molar-refractivity contribution in [1.29, 1.82) is 0 Å². The van der Waals surface area contributed by atoms with Crippen molar-refractivity contribution >= 4 is 17.7 Å². The van der Waals surface area contributed by atoms with E-state index in [9.17, 15) is 14.4 Å². The van der Waals surface area contributed by atoms with Gasteiger partial charge in [-0.2, -0.15) is 0 Å². The summed E-state index contributed by atoms with van der Waals surface area (Å²) in [6, 6.07) is 8.40. The number of ketones is 1. The fraction of sp³-hybridized carbons (Fsp3) is 0.791. The molecule has 0 atom stereocenters. The molecule has 1 aromatic rings. The fourth-order valence-corrected chi connectivity index (χ4v) is 4.99. The molecule has 0 amide bonds. The van der Waals surface area contributed by atoms with Crippen molar-refractivity contribution in [2.45, 2.75) is 64.7 Å². The predicted octanol–water partition coefficient (Wildman–Crippen LogP) is 4.13. The minimum Gasteiger partial charge on any atom is -0.491 e. The number of carboxylic acids is 1. The minimum absolute atomic E-state index is 0.0116. The van der Waals surface area contributed by atoms with E-state index in [0.29, 0.717) is 145 Å². The van der Waals surface area contributed by atoms with Crippen LogP contribution in [0.3, 0.4) is 0 Å². The number of benzene rings is 1. The summed E-state index contributed by atoms with van der Waals surface area (Å²) in [6.07, 6.45) is 8.36. The zero-order valence-electron chi connectivity index (χ0n) is 36.1. The lowest BCUT2D eigenvalue weighted by molar-refractivity contribution is -0.151. The molecule has 0 aliphatic carbocycles. The third kappa shape index (κ3) is 39.3. The lowest BCUT2D eigenvalue weighted by atomic mass is 10.0. The summed E-state index contributed by atoms with van der Waals surface area (Å²) in [6.45, 7) is 12.6. The quantitative estimate of drug-likeness (QED) is 0.0559. The van der Waals surface area contributed by atoms with Crippen molar-refractivity contribution < 1.29 is 81.1 Å². The number of hydrogen-bond acceptors (Lipinski definition) is 16. The Hall–Kier alpha value is -2.81. The van der Waals surface area contributed by atoms with Crippen LogP contribution in [0.2, 0.25) is 0 Å². The molecule has 0 spiro atoms. The van der Waals surface area contributed by atoms with Crippen LogP contribution in [-0.4, -0.2) is 181 Å². The van der Waals surface area contributed by atoms with Crippen LogP contribution in [0.5, 0.6) is 5.75 Å². The van der Waals surface area contributed by atoms with E-state index in [1.165, 1.54) is 44.1 Å². The van der Waals surface area contributed by atoms with E-state index in [0.717, 1.165) is 12.2 Å². The average Bonchev–Trinajstić information content (AvgIpc) is 3.25. The van der Waals surface area contributed by atoms with Crippen LogP contribution in [0, 0.1) is 0 Å². The first kappa shape index (κ1) is 55.2. The van der Waals surface area contributed by atoms with Crippen molar-refractivity contribution in [2.24, 2.45) is 0 Å². The maximum atomic E-state index is 11.4. The topological polar surface area (TPSA) is 191 Å². The number of unbranched alkanes of at least 4 members (excludes halogenated alkanes) is 5. The molecule has 60 heavy (non-hydrogen) atoms. The highest BCUT2D eigenvalue weighted by Gasteiger charge is 2.14. The summed E-state index contributed by atoms with van der Waals surface area (Å²) < 4.78 is 70.8. The van der Waals surface area contributed by atoms with Gasteiger partial charge in [-0.15, -0.1) is 0 Å². The van der Waals surface area contributed by atoms with E-state index in [1.807, 2.05) is 12.1 Å². The van der Waals surface area contributed by atoms with Gasteiger partial charge >= 0.3 is 11.9 Å². The van der Waals surface area contributed by atoms with Crippen molar-refractivity contribution in [3.05, 3.63) is 29.8 Å². The molecule has 0 aliphatic heterocycles. The van der Waals surface area contributed by atoms with E-state index in [1.54, 1.807) is 0 Å². The Balaban J connectivity index is 1.67. The summed E-state index contributed by atoms with van der Waals surface area (Å²) in [5, 5.41) is 8.46. The van der Waals surface area contributed by atoms with E-state index in [4.69, 9.17) is 66.7 Å². The fourth-order valence-electron chi connectivity index (χ4n) is 4.99. The van der Waals surface area contributed by atoms with Gasteiger partial charge in [0, 0.05) is 6.42 Å². The van der Waals surface area contributed by atoms with Gasteiger partial charge < -0.3 is 66.7 Å². The monoisotopic (exact) mass is 862 g/mol. The summed E-state index contributed by atoms with van der Waals surface area (Å²) in [5.74, 6) is -2.37. The third-order valence-corrected chi connectivity index (χ3v) is 8.24. The number of carboxylic acid groups (broad SMARTS) is 1. The van der Waals surface area contributed by atoms with Gasteiger partial charge in [-0.05, 0) is 30.5 Å². The zero-order valence-corrected chi connectivity index (χ0v) is 36.1. The summed E-state index contributed by atoms with van der Waals surface area (Å²) in [4.78, 5) is 32.7. The van der Waals surface area contributed by atoms with Gasteiger partial charge in [-0.25, -0.2) is 4.79 Å². The molecule has 0 aliphatic rings. The molecule has 1 N–H and O–H groups in total. The molecule has 1 aromatic carbocycles. The third-order valence-electron chi connectivity index (χ3n) is 8.24. The Morgan fingerprint density at radius 1 is 0.417 bits per heavy atom. The molecule has 0 heterocycles. The molecule has 1 rings (SSSR count). The Bertz CT molecular complexity index is 1110. The second-order valence-corrected chi connectivity index (χ2v) is 13.2. The molecule has 0 saturated carbocycles. The van der Waals surface area contributed by atoms with Crippen LogP contribution < -0.4 is 4.74 Å². The van der Waals surface area contributed by atoms with Crippen LogP contribution in [0.1, 0.15) is 63.9 Å². The molecule has 348 valence electrons. The Labute approximate surface area is 357 Å². The van der Waals surface area contributed by atoms with E-state index in [2.05, 4.69) is 19.1 Å². The number of aryl methyl sites for hydroxylation is 1. The van der Waals surface area contributed by atoms with Gasteiger partial charge in [0.25, 0.3) is 0 Å². The van der Waals surface area contributed by atoms with Crippen molar-refractivity contribution in [1.82, 2.24) is 0 Å². The Morgan fingerprint density at radius 3 is 1.12 bits per heavy atom. The molecule has 0 bridgehead atoms. The van der Waals surface area contributed by atoms with Crippen molar-refractivity contribution in [3.63, 3.8) is 0 Å². The van der Waals surface area contributed by atoms with Gasteiger partial charge in [0.05, 0.1) is 152 Å². The van der Waals surface area contributed by atoms with Gasteiger partial charge in [-0.3, -0.25) is 9.59 Å². The molecule has 0 unspecified atom stereocenters. The predicted molar refractivity (Wildman–Crippen MR) is 221 cm³/mol. The first-order chi connectivity index (χ1) is 29.5. The molecule has 0 fully saturated rings. The average molecular weight is 863 g/mol. The molecule has 0 saturated heterocycles. The largest absolute Gasteiger partial charge is 0.491 e. The van der Waals surface area contributed by atoms with Crippen molar-refractivity contribution in [3.8, 4) is 5.75 Å². The summed E-state index contributed by atoms with van der Waals surface area (Å²) in [7, 11) is 0. The second kappa shape index (κ2) is 44.3. The van der Waals surface area contributed by atoms with E-state index in [-0.39, 0.29) is 26.1 Å². The van der Waals surface area contributed by atoms with Crippen LogP contribution in [-0.2, 0) is 77.6 Å². The highest BCUT2D eigenvalue weighted by molar-refractivity contribution is 6.32. The second-order valence-electron chi connectivity index (χ2n) is 13.2. The number of carbonyl (C=O) groups is 3. The lowest BCUT2D eigenvalue weighted by Gasteiger charge is -2.09. The molecular weight excluding hydrogens is 788 g/mol. The van der Waals surface area contributed by atoms with Crippen LogP contribution in [0.4, 0.5) is 0 Å². The van der Waals surface area contributed by atoms with Gasteiger partial charge in [0.2, 0.25) is 5.78 Å². The maximum absolute atomic E-state index is 11.4. The number of Topliss-reactive ketones (excluding diaryl/α,β-unsaturated/α-hetero) is 1. The smallest absolute Gasteiger partial charge is 0.372 e. The van der Waals surface area contributed by atoms with Gasteiger partial charge in [0.15, 0.2) is 0 Å².